The van der Waals surface area contributed by atoms with E-state index in [0.29, 0.717) is 17.8 Å². The number of carbonyl (C=O) groups is 1. The monoisotopic (exact) mass is 445 g/mol. The molecular formula is C19H16BrN3O3S. The van der Waals surface area contributed by atoms with Crippen molar-refractivity contribution < 1.29 is 13.9 Å². The molecule has 0 spiro atoms. The molecule has 4 rings (SSSR count). The van der Waals surface area contributed by atoms with Gasteiger partial charge < -0.3 is 14.1 Å². The summed E-state index contributed by atoms with van der Waals surface area (Å²) in [4.78, 5) is 15.5. The highest BCUT2D eigenvalue weighted by Gasteiger charge is 2.32. The number of oxazole rings is 1. The van der Waals surface area contributed by atoms with Gasteiger partial charge in [-0.1, -0.05) is 28.1 Å². The Labute approximate surface area is 168 Å². The first-order valence-electron chi connectivity index (χ1n) is 8.30. The predicted molar refractivity (Wildman–Crippen MR) is 109 cm³/mol. The largest absolute Gasteiger partial charge is 0.493 e. The van der Waals surface area contributed by atoms with Crippen LogP contribution in [0, 0.1) is 4.84 Å². The molecule has 1 N–H and O–H groups in total. The van der Waals surface area contributed by atoms with E-state index in [0.717, 1.165) is 26.8 Å². The summed E-state index contributed by atoms with van der Waals surface area (Å²) in [7, 11) is 1.58. The summed E-state index contributed by atoms with van der Waals surface area (Å²) in [6.45, 7) is 1.52. The molecule has 8 heteroatoms. The number of nitrogens with zero attached hydrogens (tertiary/aromatic N) is 2. The van der Waals surface area contributed by atoms with Crippen molar-refractivity contribution in [3.05, 3.63) is 56.8 Å². The molecule has 138 valence electrons. The van der Waals surface area contributed by atoms with Crippen molar-refractivity contribution in [2.24, 2.45) is 5.10 Å². The van der Waals surface area contributed by atoms with Crippen molar-refractivity contribution in [1.82, 2.24) is 9.99 Å². The third kappa shape index (κ3) is 3.30. The zero-order chi connectivity index (χ0) is 19.1. The molecule has 6 nitrogen and oxygen atoms in total. The summed E-state index contributed by atoms with van der Waals surface area (Å²) < 4.78 is 11.9. The summed E-state index contributed by atoms with van der Waals surface area (Å²) in [5.74, 6) is 0.462. The SMILES string of the molecule is COc1cc(C2=NN(C(C)=O)C(c3cccc(Br)c3)C2)cc2[nH]c(=S)oc12. The van der Waals surface area contributed by atoms with Crippen molar-refractivity contribution in [2.75, 3.05) is 7.11 Å². The summed E-state index contributed by atoms with van der Waals surface area (Å²) in [6.07, 6.45) is 0.600. The van der Waals surface area contributed by atoms with Gasteiger partial charge >= 0.3 is 0 Å². The van der Waals surface area contributed by atoms with Gasteiger partial charge in [-0.2, -0.15) is 5.10 Å². The number of rotatable bonds is 3. The van der Waals surface area contributed by atoms with Crippen LogP contribution in [0.25, 0.3) is 11.1 Å². The molecule has 1 unspecified atom stereocenters. The topological polar surface area (TPSA) is 70.8 Å². The van der Waals surface area contributed by atoms with Gasteiger partial charge in [0.15, 0.2) is 11.3 Å². The number of fused-ring (bicyclic) bond motifs is 1. The Morgan fingerprint density at radius 2 is 2.22 bits per heavy atom. The quantitative estimate of drug-likeness (QED) is 0.578. The maximum atomic E-state index is 12.2. The molecule has 0 radical (unpaired) electrons. The van der Waals surface area contributed by atoms with Crippen LogP contribution in [0.5, 0.6) is 5.75 Å². The number of nitrogens with one attached hydrogen (secondary N) is 1. The Hall–Kier alpha value is -2.45. The zero-order valence-electron chi connectivity index (χ0n) is 14.7. The number of hydrogen-bond donors (Lipinski definition) is 1. The number of amides is 1. The van der Waals surface area contributed by atoms with Crippen LogP contribution in [0.2, 0.25) is 0 Å². The lowest BCUT2D eigenvalue weighted by molar-refractivity contribution is -0.130. The lowest BCUT2D eigenvalue weighted by Crippen LogP contribution is -2.24. The van der Waals surface area contributed by atoms with Crippen LogP contribution in [-0.2, 0) is 4.79 Å². The van der Waals surface area contributed by atoms with Gasteiger partial charge in [-0.05, 0) is 42.0 Å². The molecular weight excluding hydrogens is 430 g/mol. The molecule has 1 aromatic heterocycles. The third-order valence-electron chi connectivity index (χ3n) is 4.51. The summed E-state index contributed by atoms with van der Waals surface area (Å²) in [5, 5.41) is 6.13. The average Bonchev–Trinajstić information content (AvgIpc) is 3.23. The number of halogens is 1. The molecule has 2 aromatic carbocycles. The molecule has 0 saturated heterocycles. The van der Waals surface area contributed by atoms with E-state index in [2.05, 4.69) is 26.0 Å². The number of aromatic amines is 1. The lowest BCUT2D eigenvalue weighted by atomic mass is 9.98. The van der Waals surface area contributed by atoms with E-state index in [1.54, 1.807) is 7.11 Å². The summed E-state index contributed by atoms with van der Waals surface area (Å²) in [5.41, 5.74) is 3.98. The highest BCUT2D eigenvalue weighted by Crippen LogP contribution is 2.36. The van der Waals surface area contributed by atoms with E-state index in [1.165, 1.54) is 11.9 Å². The first kappa shape index (κ1) is 17.9. The van der Waals surface area contributed by atoms with Crippen LogP contribution in [0.3, 0.4) is 0 Å². The van der Waals surface area contributed by atoms with Gasteiger partial charge in [-0.3, -0.25) is 4.79 Å². The van der Waals surface area contributed by atoms with Crippen molar-refractivity contribution >= 4 is 50.9 Å². The van der Waals surface area contributed by atoms with E-state index in [4.69, 9.17) is 21.4 Å². The van der Waals surface area contributed by atoms with Crippen molar-refractivity contribution in [3.8, 4) is 5.75 Å². The van der Waals surface area contributed by atoms with Crippen LogP contribution < -0.4 is 4.74 Å². The first-order valence-corrected chi connectivity index (χ1v) is 9.50. The average molecular weight is 446 g/mol. The first-order chi connectivity index (χ1) is 13.0. The number of methoxy groups -OCH3 is 1. The molecule has 1 aliphatic rings. The smallest absolute Gasteiger partial charge is 0.267 e. The van der Waals surface area contributed by atoms with E-state index in [1.807, 2.05) is 36.4 Å². The maximum Gasteiger partial charge on any atom is 0.267 e. The number of H-pyrrole nitrogens is 1. The Morgan fingerprint density at radius 3 is 2.93 bits per heavy atom. The van der Waals surface area contributed by atoms with Gasteiger partial charge in [-0.25, -0.2) is 5.01 Å². The Bertz CT molecular complexity index is 1130. The second-order valence-corrected chi connectivity index (χ2v) is 7.54. The zero-order valence-corrected chi connectivity index (χ0v) is 17.1. The molecule has 0 bridgehead atoms. The van der Waals surface area contributed by atoms with Gasteiger partial charge in [0.1, 0.15) is 0 Å². The van der Waals surface area contributed by atoms with Crippen molar-refractivity contribution in [3.63, 3.8) is 0 Å². The summed E-state index contributed by atoms with van der Waals surface area (Å²) in [6, 6.07) is 11.5. The number of carbonyl (C=O) groups excluding carboxylic acids is 1. The minimum atomic E-state index is -0.153. The fourth-order valence-corrected chi connectivity index (χ4v) is 3.91. The van der Waals surface area contributed by atoms with E-state index < -0.39 is 0 Å². The summed E-state index contributed by atoms with van der Waals surface area (Å²) >= 11 is 8.57. The van der Waals surface area contributed by atoms with Crippen LogP contribution >= 0.6 is 28.1 Å². The molecule has 27 heavy (non-hydrogen) atoms. The fraction of sp³-hybridized carbons (Fsp3) is 0.211. The number of hydrazone groups is 1. The number of ether oxygens (including phenoxy) is 1. The normalized spacial score (nSPS) is 16.6. The Kier molecular flexibility index (Phi) is 4.61. The molecule has 1 atom stereocenters. The predicted octanol–water partition coefficient (Wildman–Crippen LogP) is 4.96. The van der Waals surface area contributed by atoms with Gasteiger partial charge in [-0.15, -0.1) is 0 Å². The Balaban J connectivity index is 1.78. The van der Waals surface area contributed by atoms with E-state index in [9.17, 15) is 4.79 Å². The molecule has 3 aromatic rings. The number of aromatic nitrogens is 1. The van der Waals surface area contributed by atoms with Gasteiger partial charge in [0.05, 0.1) is 24.4 Å². The van der Waals surface area contributed by atoms with E-state index >= 15 is 0 Å². The van der Waals surface area contributed by atoms with Crippen molar-refractivity contribution in [1.29, 1.82) is 0 Å². The van der Waals surface area contributed by atoms with E-state index in [-0.39, 0.29) is 16.8 Å². The van der Waals surface area contributed by atoms with Gasteiger partial charge in [0.25, 0.3) is 4.84 Å². The highest BCUT2D eigenvalue weighted by atomic mass is 79.9. The van der Waals surface area contributed by atoms with Crippen LogP contribution in [0.4, 0.5) is 0 Å². The third-order valence-corrected chi connectivity index (χ3v) is 5.18. The van der Waals surface area contributed by atoms with Gasteiger partial charge in [0, 0.05) is 23.4 Å². The van der Waals surface area contributed by atoms with Gasteiger partial charge in [0.2, 0.25) is 5.91 Å². The van der Waals surface area contributed by atoms with Crippen LogP contribution in [0.15, 0.2) is 50.4 Å². The molecule has 2 heterocycles. The standard InChI is InChI=1S/C19H16BrN3O3S/c1-10(24)23-16(11-4-3-5-13(20)6-11)9-14(22-23)12-7-15-18(17(8-12)25-2)26-19(27)21-15/h3-8,16H,9H2,1-2H3,(H,21,27). The molecule has 1 aliphatic heterocycles. The second-order valence-electron chi connectivity index (χ2n) is 6.25. The van der Waals surface area contributed by atoms with Crippen LogP contribution in [-0.4, -0.2) is 28.7 Å². The van der Waals surface area contributed by atoms with Crippen LogP contribution in [0.1, 0.15) is 30.5 Å². The molecule has 0 saturated carbocycles. The molecule has 1 amide bonds. The highest BCUT2D eigenvalue weighted by molar-refractivity contribution is 9.10. The fourth-order valence-electron chi connectivity index (χ4n) is 3.30. The van der Waals surface area contributed by atoms with Crippen molar-refractivity contribution in [2.45, 2.75) is 19.4 Å². The maximum absolute atomic E-state index is 12.2. The lowest BCUT2D eigenvalue weighted by Gasteiger charge is -2.20. The molecule has 0 aliphatic carbocycles. The minimum Gasteiger partial charge on any atom is -0.493 e. The number of benzene rings is 2. The number of hydrogen-bond acceptors (Lipinski definition) is 5. The Morgan fingerprint density at radius 1 is 1.41 bits per heavy atom. The minimum absolute atomic E-state index is 0.106. The second kappa shape index (κ2) is 6.94. The molecule has 0 fully saturated rings.